The Labute approximate surface area is 114 Å². The van der Waals surface area contributed by atoms with Crippen molar-refractivity contribution in [2.45, 2.75) is 31.2 Å². The highest BCUT2D eigenvalue weighted by atomic mass is 32.2. The molecule has 19 heavy (non-hydrogen) atoms. The number of hydrogen-bond acceptors (Lipinski definition) is 4. The fourth-order valence-corrected chi connectivity index (χ4v) is 3.29. The number of aliphatic hydroxyl groups excluding tert-OH is 1. The molecule has 104 valence electrons. The second-order valence-corrected chi connectivity index (χ2v) is 6.97. The van der Waals surface area contributed by atoms with E-state index >= 15 is 0 Å². The summed E-state index contributed by atoms with van der Waals surface area (Å²) in [5.74, 6) is 0. The van der Waals surface area contributed by atoms with Crippen molar-refractivity contribution in [3.8, 4) is 6.07 Å². The molecule has 5 nitrogen and oxygen atoms in total. The monoisotopic (exact) mass is 282 g/mol. The molecule has 6 heteroatoms. The molecule has 0 saturated carbocycles. The van der Waals surface area contributed by atoms with Gasteiger partial charge in [0.05, 0.1) is 28.7 Å². The van der Waals surface area contributed by atoms with Crippen LogP contribution in [0.2, 0.25) is 0 Å². The van der Waals surface area contributed by atoms with Crippen molar-refractivity contribution in [1.82, 2.24) is 4.31 Å². The molecule has 0 radical (unpaired) electrons. The highest BCUT2D eigenvalue weighted by Crippen LogP contribution is 2.25. The van der Waals surface area contributed by atoms with E-state index in [0.29, 0.717) is 11.1 Å². The molecule has 0 unspecified atom stereocenters. The van der Waals surface area contributed by atoms with Crippen LogP contribution in [0.3, 0.4) is 0 Å². The summed E-state index contributed by atoms with van der Waals surface area (Å²) in [7, 11) is -2.27. The van der Waals surface area contributed by atoms with Gasteiger partial charge in [-0.05, 0) is 44.5 Å². The molecule has 0 aromatic heterocycles. The summed E-state index contributed by atoms with van der Waals surface area (Å²) >= 11 is 0. The van der Waals surface area contributed by atoms with Gasteiger partial charge in [0.25, 0.3) is 0 Å². The highest BCUT2D eigenvalue weighted by molar-refractivity contribution is 7.89. The minimum absolute atomic E-state index is 0.149. The number of likely N-dealkylation sites (N-methyl/N-ethyl adjacent to an activating group) is 1. The third-order valence-corrected chi connectivity index (χ3v) is 5.41. The van der Waals surface area contributed by atoms with Crippen molar-refractivity contribution < 1.29 is 13.5 Å². The lowest BCUT2D eigenvalue weighted by Crippen LogP contribution is -2.47. The Kier molecular flexibility index (Phi) is 4.35. The Morgan fingerprint density at radius 3 is 2.42 bits per heavy atom. The van der Waals surface area contributed by atoms with Crippen molar-refractivity contribution in [3.63, 3.8) is 0 Å². The lowest BCUT2D eigenvalue weighted by molar-refractivity contribution is 0.138. The number of hydrogen-bond donors (Lipinski definition) is 1. The predicted octanol–water partition coefficient (Wildman–Crippen LogP) is 1.26. The van der Waals surface area contributed by atoms with Crippen LogP contribution in [0, 0.1) is 18.3 Å². The maximum absolute atomic E-state index is 12.5. The normalized spacial score (nSPS) is 12.5. The number of rotatable bonds is 4. The first-order valence-electron chi connectivity index (χ1n) is 5.77. The van der Waals surface area contributed by atoms with Gasteiger partial charge in [0.2, 0.25) is 10.0 Å². The van der Waals surface area contributed by atoms with E-state index in [-0.39, 0.29) is 11.5 Å². The van der Waals surface area contributed by atoms with Gasteiger partial charge in [0.1, 0.15) is 0 Å². The van der Waals surface area contributed by atoms with Gasteiger partial charge in [-0.2, -0.15) is 9.57 Å². The fourth-order valence-electron chi connectivity index (χ4n) is 1.58. The molecule has 0 amide bonds. The number of nitriles is 1. The molecule has 0 heterocycles. The van der Waals surface area contributed by atoms with Crippen LogP contribution in [0.25, 0.3) is 0 Å². The SMILES string of the molecule is Cc1cc(C#N)ccc1S(=O)(=O)N(C)C(C)(C)CO. The van der Waals surface area contributed by atoms with E-state index < -0.39 is 15.6 Å². The zero-order chi connectivity index (χ0) is 14.8. The highest BCUT2D eigenvalue weighted by Gasteiger charge is 2.34. The van der Waals surface area contributed by atoms with Crippen LogP contribution < -0.4 is 0 Å². The van der Waals surface area contributed by atoms with Crippen LogP contribution in [0.15, 0.2) is 23.1 Å². The van der Waals surface area contributed by atoms with Gasteiger partial charge in [-0.1, -0.05) is 0 Å². The molecule has 0 atom stereocenters. The van der Waals surface area contributed by atoms with Crippen LogP contribution >= 0.6 is 0 Å². The summed E-state index contributed by atoms with van der Waals surface area (Å²) in [5, 5.41) is 18.1. The van der Waals surface area contributed by atoms with Crippen molar-refractivity contribution in [3.05, 3.63) is 29.3 Å². The molecule has 0 bridgehead atoms. The van der Waals surface area contributed by atoms with E-state index in [1.165, 1.54) is 25.2 Å². The first kappa shape index (κ1) is 15.6. The van der Waals surface area contributed by atoms with Gasteiger partial charge in [0, 0.05) is 7.05 Å². The summed E-state index contributed by atoms with van der Waals surface area (Å²) in [6.07, 6.45) is 0. The van der Waals surface area contributed by atoms with Crippen LogP contribution in [-0.2, 0) is 10.0 Å². The van der Waals surface area contributed by atoms with Gasteiger partial charge in [-0.15, -0.1) is 0 Å². The molecule has 0 fully saturated rings. The van der Waals surface area contributed by atoms with Crippen LogP contribution in [0.5, 0.6) is 0 Å². The van der Waals surface area contributed by atoms with E-state index in [2.05, 4.69) is 0 Å². The molecule has 1 rings (SSSR count). The molecule has 1 aromatic carbocycles. The van der Waals surface area contributed by atoms with Crippen molar-refractivity contribution in [1.29, 1.82) is 5.26 Å². The maximum Gasteiger partial charge on any atom is 0.243 e. The quantitative estimate of drug-likeness (QED) is 0.901. The van der Waals surface area contributed by atoms with Crippen LogP contribution in [-0.4, -0.2) is 37.0 Å². The van der Waals surface area contributed by atoms with Gasteiger partial charge in [-0.25, -0.2) is 8.42 Å². The van der Waals surface area contributed by atoms with E-state index in [4.69, 9.17) is 5.26 Å². The van der Waals surface area contributed by atoms with E-state index in [1.54, 1.807) is 20.8 Å². The Balaban J connectivity index is 3.33. The Hall–Kier alpha value is -1.42. The number of aliphatic hydroxyl groups is 1. The summed E-state index contributed by atoms with van der Waals surface area (Å²) < 4.78 is 26.1. The van der Waals surface area contributed by atoms with Crippen molar-refractivity contribution in [2.24, 2.45) is 0 Å². The molecule has 0 aliphatic carbocycles. The second-order valence-electron chi connectivity index (χ2n) is 5.04. The average Bonchev–Trinajstić information content (AvgIpc) is 2.37. The van der Waals surface area contributed by atoms with Gasteiger partial charge < -0.3 is 5.11 Å². The van der Waals surface area contributed by atoms with E-state index in [1.807, 2.05) is 6.07 Å². The Morgan fingerprint density at radius 2 is 2.00 bits per heavy atom. The van der Waals surface area contributed by atoms with Gasteiger partial charge in [0.15, 0.2) is 0 Å². The predicted molar refractivity (Wildman–Crippen MR) is 72.0 cm³/mol. The third kappa shape index (κ3) is 2.95. The molecule has 1 aromatic rings. The molecule has 0 saturated heterocycles. The number of benzene rings is 1. The van der Waals surface area contributed by atoms with Crippen LogP contribution in [0.1, 0.15) is 25.0 Å². The van der Waals surface area contributed by atoms with Crippen molar-refractivity contribution >= 4 is 10.0 Å². The number of aryl methyl sites for hydroxylation is 1. The Bertz CT molecular complexity index is 615. The summed E-state index contributed by atoms with van der Waals surface area (Å²) in [5.41, 5.74) is 0.0410. The first-order chi connectivity index (χ1) is 8.66. The van der Waals surface area contributed by atoms with Gasteiger partial charge >= 0.3 is 0 Å². The minimum Gasteiger partial charge on any atom is -0.394 e. The number of nitrogens with zero attached hydrogens (tertiary/aromatic N) is 2. The topological polar surface area (TPSA) is 81.4 Å². The minimum atomic E-state index is -3.70. The lowest BCUT2D eigenvalue weighted by Gasteiger charge is -2.33. The fraction of sp³-hybridized carbons (Fsp3) is 0.462. The van der Waals surface area contributed by atoms with E-state index in [9.17, 15) is 13.5 Å². The maximum atomic E-state index is 12.5. The van der Waals surface area contributed by atoms with Crippen LogP contribution in [0.4, 0.5) is 0 Å². The third-order valence-electron chi connectivity index (χ3n) is 3.18. The van der Waals surface area contributed by atoms with Gasteiger partial charge in [-0.3, -0.25) is 0 Å². The summed E-state index contributed by atoms with van der Waals surface area (Å²) in [4.78, 5) is 0.149. The molecular weight excluding hydrogens is 264 g/mol. The Morgan fingerprint density at radius 1 is 1.42 bits per heavy atom. The molecular formula is C13H18N2O3S. The molecule has 0 aliphatic heterocycles. The van der Waals surface area contributed by atoms with Crippen molar-refractivity contribution in [2.75, 3.05) is 13.7 Å². The summed E-state index contributed by atoms with van der Waals surface area (Å²) in [6, 6.07) is 6.40. The zero-order valence-electron chi connectivity index (χ0n) is 11.5. The molecule has 0 aliphatic rings. The first-order valence-corrected chi connectivity index (χ1v) is 7.21. The second kappa shape index (κ2) is 5.29. The summed E-state index contributed by atoms with van der Waals surface area (Å²) in [6.45, 7) is 4.65. The zero-order valence-corrected chi connectivity index (χ0v) is 12.3. The molecule has 1 N–H and O–H groups in total. The largest absolute Gasteiger partial charge is 0.394 e. The standard InChI is InChI=1S/C13H18N2O3S/c1-10-7-11(8-14)5-6-12(10)19(17,18)15(4)13(2,3)9-16/h5-7,16H,9H2,1-4H3. The average molecular weight is 282 g/mol. The smallest absolute Gasteiger partial charge is 0.243 e. The number of sulfonamides is 1. The van der Waals surface area contributed by atoms with E-state index in [0.717, 1.165) is 4.31 Å². The molecule has 0 spiro atoms. The lowest BCUT2D eigenvalue weighted by atomic mass is 10.1.